The van der Waals surface area contributed by atoms with E-state index < -0.39 is 6.10 Å². The van der Waals surface area contributed by atoms with Crippen LogP contribution in [0.1, 0.15) is 12.6 Å². The number of carbonyl (C=O) groups excluding carboxylic acids is 1. The van der Waals surface area contributed by atoms with Crippen molar-refractivity contribution in [3.05, 3.63) is 48.3 Å². The van der Waals surface area contributed by atoms with Crippen LogP contribution in [0.3, 0.4) is 0 Å². The van der Waals surface area contributed by atoms with Gasteiger partial charge in [-0.25, -0.2) is 9.37 Å². The average molecular weight is 263 g/mol. The van der Waals surface area contributed by atoms with Gasteiger partial charge in [-0.3, -0.25) is 4.79 Å². The summed E-state index contributed by atoms with van der Waals surface area (Å²) in [4.78, 5) is 18.5. The van der Waals surface area contributed by atoms with E-state index in [1.54, 1.807) is 19.4 Å². The highest BCUT2D eigenvalue weighted by atomic mass is 19.1. The summed E-state index contributed by atoms with van der Waals surface area (Å²) in [5.74, 6) is -0.145. The van der Waals surface area contributed by atoms with Crippen molar-refractivity contribution in [2.45, 2.75) is 19.6 Å². The number of imidazole rings is 1. The second kappa shape index (κ2) is 5.99. The molecule has 2 N–H and O–H groups in total. The third-order valence-corrected chi connectivity index (χ3v) is 2.50. The van der Waals surface area contributed by atoms with Crippen LogP contribution in [0.4, 0.5) is 4.39 Å². The molecule has 0 fully saturated rings. The van der Waals surface area contributed by atoms with E-state index in [4.69, 9.17) is 4.74 Å². The molecular formula is C13H14FN3O2. The molecule has 1 atom stereocenters. The summed E-state index contributed by atoms with van der Waals surface area (Å²) in [5.41, 5.74) is 0.808. The van der Waals surface area contributed by atoms with Gasteiger partial charge in [0.2, 0.25) is 0 Å². The minimum Gasteiger partial charge on any atom is -0.481 e. The quantitative estimate of drug-likeness (QED) is 0.861. The number of aromatic nitrogens is 2. The highest BCUT2D eigenvalue weighted by molar-refractivity contribution is 5.80. The van der Waals surface area contributed by atoms with Crippen molar-refractivity contribution in [1.29, 1.82) is 0 Å². The fourth-order valence-electron chi connectivity index (χ4n) is 1.48. The second-order valence-corrected chi connectivity index (χ2v) is 4.01. The lowest BCUT2D eigenvalue weighted by Gasteiger charge is -2.14. The third kappa shape index (κ3) is 3.80. The predicted octanol–water partition coefficient (Wildman–Crippen LogP) is 1.63. The maximum absolute atomic E-state index is 12.7. The molecule has 0 spiro atoms. The van der Waals surface area contributed by atoms with E-state index in [0.717, 1.165) is 5.69 Å². The van der Waals surface area contributed by atoms with Crippen molar-refractivity contribution < 1.29 is 13.9 Å². The molecule has 2 aromatic rings. The second-order valence-electron chi connectivity index (χ2n) is 4.01. The Morgan fingerprint density at radius 3 is 2.84 bits per heavy atom. The predicted molar refractivity (Wildman–Crippen MR) is 66.9 cm³/mol. The SMILES string of the molecule is CC(Oc1ccc(F)cc1)C(=O)NCc1cnc[nH]1. The van der Waals surface area contributed by atoms with Crippen LogP contribution in [0.25, 0.3) is 0 Å². The van der Waals surface area contributed by atoms with Crippen molar-refractivity contribution in [3.63, 3.8) is 0 Å². The lowest BCUT2D eigenvalue weighted by Crippen LogP contribution is -2.35. The van der Waals surface area contributed by atoms with E-state index in [2.05, 4.69) is 15.3 Å². The molecule has 6 heteroatoms. The molecule has 0 aliphatic carbocycles. The Hall–Kier alpha value is -2.37. The zero-order chi connectivity index (χ0) is 13.7. The Morgan fingerprint density at radius 1 is 1.47 bits per heavy atom. The van der Waals surface area contributed by atoms with Gasteiger partial charge in [0.05, 0.1) is 18.6 Å². The van der Waals surface area contributed by atoms with Crippen LogP contribution in [0.15, 0.2) is 36.8 Å². The van der Waals surface area contributed by atoms with E-state index in [-0.39, 0.29) is 11.7 Å². The molecule has 19 heavy (non-hydrogen) atoms. The number of carbonyl (C=O) groups is 1. The van der Waals surface area contributed by atoms with E-state index in [1.165, 1.54) is 24.3 Å². The van der Waals surface area contributed by atoms with Gasteiger partial charge in [-0.05, 0) is 31.2 Å². The number of ether oxygens (including phenoxy) is 1. The van der Waals surface area contributed by atoms with Crippen LogP contribution < -0.4 is 10.1 Å². The number of H-pyrrole nitrogens is 1. The van der Waals surface area contributed by atoms with E-state index in [0.29, 0.717) is 12.3 Å². The molecule has 0 saturated heterocycles. The number of benzene rings is 1. The Balaban J connectivity index is 1.83. The largest absolute Gasteiger partial charge is 0.481 e. The molecule has 100 valence electrons. The standard InChI is InChI=1S/C13H14FN3O2/c1-9(19-12-4-2-10(14)3-5-12)13(18)16-7-11-6-15-8-17-11/h2-6,8-9H,7H2,1H3,(H,15,17)(H,16,18). The zero-order valence-electron chi connectivity index (χ0n) is 10.4. The monoisotopic (exact) mass is 263 g/mol. The minimum absolute atomic E-state index is 0.251. The van der Waals surface area contributed by atoms with Gasteiger partial charge >= 0.3 is 0 Å². The zero-order valence-corrected chi connectivity index (χ0v) is 10.4. The first-order valence-electron chi connectivity index (χ1n) is 5.82. The first kappa shape index (κ1) is 13.1. The van der Waals surface area contributed by atoms with Crippen molar-refractivity contribution in [2.75, 3.05) is 0 Å². The van der Waals surface area contributed by atoms with Gasteiger partial charge < -0.3 is 15.0 Å². The molecule has 0 radical (unpaired) electrons. The summed E-state index contributed by atoms with van der Waals surface area (Å²) < 4.78 is 18.1. The van der Waals surface area contributed by atoms with E-state index in [1.807, 2.05) is 0 Å². The Labute approximate surface area is 109 Å². The van der Waals surface area contributed by atoms with Crippen molar-refractivity contribution in [1.82, 2.24) is 15.3 Å². The Morgan fingerprint density at radius 2 is 2.21 bits per heavy atom. The smallest absolute Gasteiger partial charge is 0.261 e. The van der Waals surface area contributed by atoms with Gasteiger partial charge in [0.25, 0.3) is 5.91 Å². The summed E-state index contributed by atoms with van der Waals surface area (Å²) in [6, 6.07) is 5.52. The summed E-state index contributed by atoms with van der Waals surface area (Å²) in [6.07, 6.45) is 2.51. The number of aromatic amines is 1. The average Bonchev–Trinajstić information content (AvgIpc) is 2.91. The van der Waals surface area contributed by atoms with Crippen LogP contribution in [0.5, 0.6) is 5.75 Å². The molecular weight excluding hydrogens is 249 g/mol. The molecule has 2 rings (SSSR count). The molecule has 5 nitrogen and oxygen atoms in total. The number of hydrogen-bond donors (Lipinski definition) is 2. The van der Waals surface area contributed by atoms with Crippen LogP contribution >= 0.6 is 0 Å². The number of rotatable bonds is 5. The third-order valence-electron chi connectivity index (χ3n) is 2.50. The van der Waals surface area contributed by atoms with Gasteiger partial charge in [0.15, 0.2) is 6.10 Å². The number of halogens is 1. The molecule has 1 heterocycles. The van der Waals surface area contributed by atoms with Crippen LogP contribution in [-0.2, 0) is 11.3 Å². The highest BCUT2D eigenvalue weighted by Gasteiger charge is 2.14. The fourth-order valence-corrected chi connectivity index (χ4v) is 1.48. The first-order chi connectivity index (χ1) is 9.15. The van der Waals surface area contributed by atoms with Crippen molar-refractivity contribution >= 4 is 5.91 Å². The van der Waals surface area contributed by atoms with E-state index in [9.17, 15) is 9.18 Å². The Kier molecular flexibility index (Phi) is 4.12. The van der Waals surface area contributed by atoms with Gasteiger partial charge in [0.1, 0.15) is 11.6 Å². The number of amides is 1. The van der Waals surface area contributed by atoms with Crippen LogP contribution in [0, 0.1) is 5.82 Å². The van der Waals surface area contributed by atoms with Gasteiger partial charge in [-0.15, -0.1) is 0 Å². The summed E-state index contributed by atoms with van der Waals surface area (Å²) in [6.45, 7) is 1.99. The summed E-state index contributed by atoms with van der Waals surface area (Å²) in [5, 5.41) is 2.71. The molecule has 0 saturated carbocycles. The molecule has 1 aromatic heterocycles. The normalized spacial score (nSPS) is 11.9. The summed E-state index contributed by atoms with van der Waals surface area (Å²) >= 11 is 0. The van der Waals surface area contributed by atoms with Gasteiger partial charge in [0, 0.05) is 6.20 Å². The number of hydrogen-bond acceptors (Lipinski definition) is 3. The maximum atomic E-state index is 12.7. The lowest BCUT2D eigenvalue weighted by molar-refractivity contribution is -0.127. The number of nitrogens with zero attached hydrogens (tertiary/aromatic N) is 1. The topological polar surface area (TPSA) is 67.0 Å². The Bertz CT molecular complexity index is 525. The van der Waals surface area contributed by atoms with E-state index >= 15 is 0 Å². The number of nitrogens with one attached hydrogen (secondary N) is 2. The molecule has 1 aromatic carbocycles. The first-order valence-corrected chi connectivity index (χ1v) is 5.82. The van der Waals surface area contributed by atoms with Crippen molar-refractivity contribution in [3.8, 4) is 5.75 Å². The molecule has 1 unspecified atom stereocenters. The lowest BCUT2D eigenvalue weighted by atomic mass is 10.3. The van der Waals surface area contributed by atoms with Gasteiger partial charge in [-0.1, -0.05) is 0 Å². The van der Waals surface area contributed by atoms with Crippen LogP contribution in [-0.4, -0.2) is 22.0 Å². The highest BCUT2D eigenvalue weighted by Crippen LogP contribution is 2.13. The van der Waals surface area contributed by atoms with Gasteiger partial charge in [-0.2, -0.15) is 0 Å². The molecule has 0 aliphatic heterocycles. The maximum Gasteiger partial charge on any atom is 0.261 e. The van der Waals surface area contributed by atoms with Crippen LogP contribution in [0.2, 0.25) is 0 Å². The molecule has 0 bridgehead atoms. The summed E-state index contributed by atoms with van der Waals surface area (Å²) in [7, 11) is 0. The molecule has 0 aliphatic rings. The fraction of sp³-hybridized carbons (Fsp3) is 0.231. The minimum atomic E-state index is -0.659. The molecule has 1 amide bonds. The van der Waals surface area contributed by atoms with Crippen molar-refractivity contribution in [2.24, 2.45) is 0 Å².